The van der Waals surface area contributed by atoms with Crippen LogP contribution in [0.5, 0.6) is 5.75 Å². The topological polar surface area (TPSA) is 70.6 Å². The molecule has 1 fully saturated rings. The Balaban J connectivity index is 1.84. The van der Waals surface area contributed by atoms with Gasteiger partial charge in [0.1, 0.15) is 5.75 Å². The summed E-state index contributed by atoms with van der Waals surface area (Å²) in [7, 11) is 0. The van der Waals surface area contributed by atoms with Crippen LogP contribution in [0.3, 0.4) is 0 Å². The highest BCUT2D eigenvalue weighted by atomic mass is 19.4. The molecule has 5 nitrogen and oxygen atoms in total. The molecular weight excluding hydrogens is 313 g/mol. The summed E-state index contributed by atoms with van der Waals surface area (Å²) in [6.45, 7) is 0.00997. The zero-order valence-electron chi connectivity index (χ0n) is 12.4. The van der Waals surface area contributed by atoms with Gasteiger partial charge < -0.3 is 20.5 Å². The van der Waals surface area contributed by atoms with Gasteiger partial charge in [0.25, 0.3) is 0 Å². The van der Waals surface area contributed by atoms with Crippen molar-refractivity contribution in [3.8, 4) is 5.75 Å². The molecule has 8 heteroatoms. The van der Waals surface area contributed by atoms with Gasteiger partial charge in [0.2, 0.25) is 0 Å². The van der Waals surface area contributed by atoms with Crippen molar-refractivity contribution < 1.29 is 27.8 Å². The number of urea groups is 1. The zero-order chi connectivity index (χ0) is 16.9. The van der Waals surface area contributed by atoms with Gasteiger partial charge in [0.15, 0.2) is 0 Å². The van der Waals surface area contributed by atoms with E-state index in [1.165, 1.54) is 18.2 Å². The van der Waals surface area contributed by atoms with Crippen LogP contribution in [0.1, 0.15) is 31.2 Å². The molecule has 0 saturated heterocycles. The molecule has 0 bridgehead atoms. The van der Waals surface area contributed by atoms with Gasteiger partial charge in [0, 0.05) is 18.7 Å². The molecular formula is C15H19F3N2O3. The fraction of sp³-hybridized carbons (Fsp3) is 0.533. The lowest BCUT2D eigenvalue weighted by atomic mass is 10.0. The Kier molecular flexibility index (Phi) is 5.35. The Morgan fingerprint density at radius 3 is 2.52 bits per heavy atom. The summed E-state index contributed by atoms with van der Waals surface area (Å²) in [6.07, 6.45) is -1.68. The lowest BCUT2D eigenvalue weighted by molar-refractivity contribution is -0.274. The third kappa shape index (κ3) is 5.63. The minimum atomic E-state index is -4.79. The first-order chi connectivity index (χ1) is 10.8. The third-order valence-electron chi connectivity index (χ3n) is 3.75. The number of hydrogen-bond acceptors (Lipinski definition) is 3. The number of halogens is 3. The van der Waals surface area contributed by atoms with E-state index >= 15 is 0 Å². The van der Waals surface area contributed by atoms with E-state index in [4.69, 9.17) is 0 Å². The van der Waals surface area contributed by atoms with Crippen LogP contribution < -0.4 is 15.4 Å². The number of hydrogen-bond donors (Lipinski definition) is 3. The Bertz CT molecular complexity index is 543. The Hall–Kier alpha value is -1.96. The van der Waals surface area contributed by atoms with Crippen LogP contribution in [0.25, 0.3) is 0 Å². The van der Waals surface area contributed by atoms with Crippen molar-refractivity contribution in [1.29, 1.82) is 0 Å². The maximum atomic E-state index is 12.3. The lowest BCUT2D eigenvalue weighted by Gasteiger charge is -2.22. The van der Waals surface area contributed by atoms with Crippen LogP contribution in [-0.4, -0.2) is 29.6 Å². The molecule has 2 rings (SSSR count). The third-order valence-corrected chi connectivity index (χ3v) is 3.75. The SMILES string of the molecule is O=C(NCc1ccccc1OC(F)(F)F)NCC1(O)CCCC1. The molecule has 1 aliphatic rings. The highest BCUT2D eigenvalue weighted by Gasteiger charge is 2.32. The number of alkyl halides is 3. The highest BCUT2D eigenvalue weighted by molar-refractivity contribution is 5.74. The monoisotopic (exact) mass is 332 g/mol. The van der Waals surface area contributed by atoms with Crippen LogP contribution >= 0.6 is 0 Å². The van der Waals surface area contributed by atoms with Gasteiger partial charge in [0.05, 0.1) is 5.60 Å². The normalized spacial score (nSPS) is 16.9. The average Bonchev–Trinajstić information content (AvgIpc) is 2.90. The molecule has 2 amide bonds. The van der Waals surface area contributed by atoms with Gasteiger partial charge in [-0.05, 0) is 18.9 Å². The summed E-state index contributed by atoms with van der Waals surface area (Å²) in [5, 5.41) is 15.1. The maximum absolute atomic E-state index is 12.3. The van der Waals surface area contributed by atoms with Gasteiger partial charge in [-0.2, -0.15) is 0 Å². The summed E-state index contributed by atoms with van der Waals surface area (Å²) in [6, 6.07) is 5.04. The van der Waals surface area contributed by atoms with Gasteiger partial charge >= 0.3 is 12.4 Å². The molecule has 0 unspecified atom stereocenters. The van der Waals surface area contributed by atoms with Crippen LogP contribution in [0, 0.1) is 0 Å². The summed E-state index contributed by atoms with van der Waals surface area (Å²) in [5.41, 5.74) is -0.672. The Morgan fingerprint density at radius 2 is 1.87 bits per heavy atom. The number of benzene rings is 1. The minimum Gasteiger partial charge on any atom is -0.405 e. The molecule has 23 heavy (non-hydrogen) atoms. The van der Waals surface area contributed by atoms with Crippen LogP contribution in [-0.2, 0) is 6.54 Å². The molecule has 1 aromatic rings. The molecule has 0 aliphatic heterocycles. The van der Waals surface area contributed by atoms with E-state index < -0.39 is 18.0 Å². The largest absolute Gasteiger partial charge is 0.573 e. The van der Waals surface area contributed by atoms with Crippen molar-refractivity contribution in [2.75, 3.05) is 6.54 Å². The number of carbonyl (C=O) groups excluding carboxylic acids is 1. The molecule has 128 valence electrons. The predicted octanol–water partition coefficient (Wildman–Crippen LogP) is 2.69. The van der Waals surface area contributed by atoms with E-state index in [0.29, 0.717) is 12.8 Å². The Morgan fingerprint density at radius 1 is 1.22 bits per heavy atom. The first-order valence-corrected chi connectivity index (χ1v) is 7.35. The minimum absolute atomic E-state index is 0.115. The van der Waals surface area contributed by atoms with E-state index in [2.05, 4.69) is 15.4 Å². The standard InChI is InChI=1S/C15H19F3N2O3/c16-15(17,18)23-12-6-2-1-5-11(12)9-19-13(21)20-10-14(22)7-3-4-8-14/h1-2,5-6,22H,3-4,7-10H2,(H2,19,20,21). The molecule has 0 atom stereocenters. The summed E-state index contributed by atoms with van der Waals surface area (Å²) in [4.78, 5) is 11.7. The van der Waals surface area contributed by atoms with Crippen molar-refractivity contribution in [3.05, 3.63) is 29.8 Å². The Labute approximate surface area is 131 Å². The second-order valence-corrected chi connectivity index (χ2v) is 5.62. The van der Waals surface area contributed by atoms with Gasteiger partial charge in [-0.3, -0.25) is 0 Å². The second kappa shape index (κ2) is 7.08. The van der Waals surface area contributed by atoms with E-state index in [-0.39, 0.29) is 24.4 Å². The predicted molar refractivity (Wildman–Crippen MR) is 76.8 cm³/mol. The number of rotatable bonds is 5. The fourth-order valence-corrected chi connectivity index (χ4v) is 2.57. The number of para-hydroxylation sites is 1. The van der Waals surface area contributed by atoms with Crippen molar-refractivity contribution >= 4 is 6.03 Å². The number of aliphatic hydroxyl groups is 1. The van der Waals surface area contributed by atoms with E-state index in [0.717, 1.165) is 12.8 Å². The van der Waals surface area contributed by atoms with E-state index in [9.17, 15) is 23.1 Å². The number of nitrogens with one attached hydrogen (secondary N) is 2. The maximum Gasteiger partial charge on any atom is 0.573 e. The molecule has 1 aromatic carbocycles. The van der Waals surface area contributed by atoms with Crippen molar-refractivity contribution in [1.82, 2.24) is 10.6 Å². The van der Waals surface area contributed by atoms with Crippen molar-refractivity contribution in [2.45, 2.75) is 44.2 Å². The van der Waals surface area contributed by atoms with Crippen molar-refractivity contribution in [2.24, 2.45) is 0 Å². The van der Waals surface area contributed by atoms with Crippen LogP contribution in [0.2, 0.25) is 0 Å². The number of carbonyl (C=O) groups is 1. The van der Waals surface area contributed by atoms with E-state index in [1.54, 1.807) is 6.07 Å². The van der Waals surface area contributed by atoms with Gasteiger partial charge in [-0.1, -0.05) is 31.0 Å². The lowest BCUT2D eigenvalue weighted by Crippen LogP contribution is -2.44. The van der Waals surface area contributed by atoms with Gasteiger partial charge in [-0.15, -0.1) is 13.2 Å². The summed E-state index contributed by atoms with van der Waals surface area (Å²) in [5.74, 6) is -0.352. The quantitative estimate of drug-likeness (QED) is 0.776. The average molecular weight is 332 g/mol. The van der Waals surface area contributed by atoms with Crippen LogP contribution in [0.4, 0.5) is 18.0 Å². The molecule has 1 saturated carbocycles. The first-order valence-electron chi connectivity index (χ1n) is 7.35. The zero-order valence-corrected chi connectivity index (χ0v) is 12.4. The number of amides is 2. The molecule has 0 aromatic heterocycles. The summed E-state index contributed by atoms with van der Waals surface area (Å²) >= 11 is 0. The first kappa shape index (κ1) is 17.4. The number of ether oxygens (including phenoxy) is 1. The molecule has 0 heterocycles. The van der Waals surface area contributed by atoms with Crippen molar-refractivity contribution in [3.63, 3.8) is 0 Å². The smallest absolute Gasteiger partial charge is 0.405 e. The molecule has 0 radical (unpaired) electrons. The fourth-order valence-electron chi connectivity index (χ4n) is 2.57. The van der Waals surface area contributed by atoms with Crippen LogP contribution in [0.15, 0.2) is 24.3 Å². The molecule has 1 aliphatic carbocycles. The van der Waals surface area contributed by atoms with Gasteiger partial charge in [-0.25, -0.2) is 4.79 Å². The molecule has 3 N–H and O–H groups in total. The summed E-state index contributed by atoms with van der Waals surface area (Å²) < 4.78 is 40.8. The highest BCUT2D eigenvalue weighted by Crippen LogP contribution is 2.28. The molecule has 0 spiro atoms. The van der Waals surface area contributed by atoms with E-state index in [1.807, 2.05) is 0 Å². The second-order valence-electron chi connectivity index (χ2n) is 5.62.